The fourth-order valence-electron chi connectivity index (χ4n) is 3.37. The van der Waals surface area contributed by atoms with Crippen LogP contribution in [0.2, 0.25) is 0 Å². The first-order valence-electron chi connectivity index (χ1n) is 7.81. The van der Waals surface area contributed by atoms with Crippen molar-refractivity contribution in [2.24, 2.45) is 11.3 Å². The van der Waals surface area contributed by atoms with E-state index < -0.39 is 0 Å². The fourth-order valence-corrected chi connectivity index (χ4v) is 3.37. The van der Waals surface area contributed by atoms with Gasteiger partial charge in [0.2, 0.25) is 5.88 Å². The standard InChI is InChI=1S/C17H28N2O/c1-5-18-11-14-6-7-16(19-12-14)20-15-8-13(2)9-17(3,4)10-15/h6-7,12-13,15,18H,5,8-11H2,1-4H3. The number of ether oxygens (including phenoxy) is 1. The molecule has 2 rings (SSSR count). The first kappa shape index (κ1) is 15.3. The first-order valence-corrected chi connectivity index (χ1v) is 7.81. The van der Waals surface area contributed by atoms with Crippen molar-refractivity contribution in [1.29, 1.82) is 0 Å². The molecule has 0 saturated heterocycles. The van der Waals surface area contributed by atoms with Gasteiger partial charge in [0.05, 0.1) is 0 Å². The molecule has 1 heterocycles. The first-order chi connectivity index (χ1) is 9.48. The predicted molar refractivity (Wildman–Crippen MR) is 82.8 cm³/mol. The summed E-state index contributed by atoms with van der Waals surface area (Å²) in [5.74, 6) is 1.50. The smallest absolute Gasteiger partial charge is 0.213 e. The topological polar surface area (TPSA) is 34.1 Å². The lowest BCUT2D eigenvalue weighted by Crippen LogP contribution is -2.34. The van der Waals surface area contributed by atoms with Crippen LogP contribution < -0.4 is 10.1 Å². The van der Waals surface area contributed by atoms with Gasteiger partial charge in [-0.2, -0.15) is 0 Å². The van der Waals surface area contributed by atoms with E-state index in [-0.39, 0.29) is 0 Å². The van der Waals surface area contributed by atoms with E-state index in [2.05, 4.69) is 44.1 Å². The molecule has 0 bridgehead atoms. The van der Waals surface area contributed by atoms with Gasteiger partial charge in [-0.15, -0.1) is 0 Å². The summed E-state index contributed by atoms with van der Waals surface area (Å²) < 4.78 is 6.09. The van der Waals surface area contributed by atoms with Gasteiger partial charge >= 0.3 is 0 Å². The van der Waals surface area contributed by atoms with E-state index in [1.165, 1.54) is 12.0 Å². The van der Waals surface area contributed by atoms with Crippen LogP contribution in [0.3, 0.4) is 0 Å². The molecular weight excluding hydrogens is 248 g/mol. The number of nitrogens with one attached hydrogen (secondary N) is 1. The number of aromatic nitrogens is 1. The van der Waals surface area contributed by atoms with E-state index in [9.17, 15) is 0 Å². The highest BCUT2D eigenvalue weighted by molar-refractivity contribution is 5.18. The molecule has 0 aromatic carbocycles. The van der Waals surface area contributed by atoms with Gasteiger partial charge in [-0.25, -0.2) is 4.98 Å². The zero-order valence-corrected chi connectivity index (χ0v) is 13.3. The normalized spacial score (nSPS) is 25.4. The molecule has 0 aliphatic heterocycles. The Labute approximate surface area is 123 Å². The molecule has 3 heteroatoms. The lowest BCUT2D eigenvalue weighted by atomic mass is 9.71. The van der Waals surface area contributed by atoms with E-state index in [1.54, 1.807) is 0 Å². The molecule has 1 aliphatic carbocycles. The molecule has 1 saturated carbocycles. The van der Waals surface area contributed by atoms with Crippen LogP contribution in [-0.4, -0.2) is 17.6 Å². The molecule has 112 valence electrons. The molecule has 3 nitrogen and oxygen atoms in total. The highest BCUT2D eigenvalue weighted by Gasteiger charge is 2.33. The molecule has 1 aromatic heterocycles. The number of hydrogen-bond acceptors (Lipinski definition) is 3. The van der Waals surface area contributed by atoms with E-state index in [0.717, 1.165) is 37.7 Å². The largest absolute Gasteiger partial charge is 0.474 e. The third kappa shape index (κ3) is 4.48. The number of nitrogens with zero attached hydrogens (tertiary/aromatic N) is 1. The zero-order chi connectivity index (χ0) is 14.6. The summed E-state index contributed by atoms with van der Waals surface area (Å²) in [7, 11) is 0. The predicted octanol–water partition coefficient (Wildman–Crippen LogP) is 3.78. The molecule has 2 unspecified atom stereocenters. The Bertz CT molecular complexity index is 414. The Kier molecular flexibility index (Phi) is 5.03. The summed E-state index contributed by atoms with van der Waals surface area (Å²) in [6.07, 6.45) is 5.78. The molecule has 0 radical (unpaired) electrons. The Morgan fingerprint density at radius 1 is 1.35 bits per heavy atom. The second-order valence-electron chi connectivity index (χ2n) is 6.94. The van der Waals surface area contributed by atoms with Gasteiger partial charge in [0.1, 0.15) is 6.10 Å². The summed E-state index contributed by atoms with van der Waals surface area (Å²) >= 11 is 0. The number of hydrogen-bond donors (Lipinski definition) is 1. The van der Waals surface area contributed by atoms with Crippen LogP contribution >= 0.6 is 0 Å². The Balaban J connectivity index is 1.92. The van der Waals surface area contributed by atoms with E-state index in [4.69, 9.17) is 4.74 Å². The van der Waals surface area contributed by atoms with Crippen molar-refractivity contribution in [3.8, 4) is 5.88 Å². The van der Waals surface area contributed by atoms with E-state index >= 15 is 0 Å². The minimum Gasteiger partial charge on any atom is -0.474 e. The molecule has 1 fully saturated rings. The molecular formula is C17H28N2O. The lowest BCUT2D eigenvalue weighted by molar-refractivity contribution is 0.0532. The Morgan fingerprint density at radius 2 is 2.15 bits per heavy atom. The lowest BCUT2D eigenvalue weighted by Gasteiger charge is -2.38. The van der Waals surface area contributed by atoms with Gasteiger partial charge in [-0.05, 0) is 42.7 Å². The summed E-state index contributed by atoms with van der Waals surface area (Å²) in [6.45, 7) is 11.0. The van der Waals surface area contributed by atoms with Crippen LogP contribution in [0.15, 0.2) is 18.3 Å². The monoisotopic (exact) mass is 276 g/mol. The van der Waals surface area contributed by atoms with Gasteiger partial charge in [0.25, 0.3) is 0 Å². The minimum atomic E-state index is 0.306. The molecule has 1 N–H and O–H groups in total. The van der Waals surface area contributed by atoms with Crippen LogP contribution in [0.4, 0.5) is 0 Å². The fraction of sp³-hybridized carbons (Fsp3) is 0.706. The van der Waals surface area contributed by atoms with Crippen molar-refractivity contribution in [2.45, 2.75) is 59.6 Å². The third-order valence-electron chi connectivity index (χ3n) is 4.01. The summed E-state index contributed by atoms with van der Waals surface area (Å²) in [5, 5.41) is 3.30. The number of rotatable bonds is 5. The molecule has 1 aliphatic rings. The van der Waals surface area contributed by atoms with Crippen LogP contribution in [0.1, 0.15) is 52.5 Å². The Morgan fingerprint density at radius 3 is 2.75 bits per heavy atom. The average molecular weight is 276 g/mol. The zero-order valence-electron chi connectivity index (χ0n) is 13.3. The summed E-state index contributed by atoms with van der Waals surface area (Å²) in [4.78, 5) is 4.44. The van der Waals surface area contributed by atoms with Gasteiger partial charge < -0.3 is 10.1 Å². The van der Waals surface area contributed by atoms with Crippen molar-refractivity contribution < 1.29 is 4.74 Å². The summed E-state index contributed by atoms with van der Waals surface area (Å²) in [5.41, 5.74) is 1.59. The minimum absolute atomic E-state index is 0.306. The van der Waals surface area contributed by atoms with Crippen molar-refractivity contribution >= 4 is 0 Å². The molecule has 1 aromatic rings. The van der Waals surface area contributed by atoms with Gasteiger partial charge in [-0.3, -0.25) is 0 Å². The molecule has 0 spiro atoms. The van der Waals surface area contributed by atoms with Gasteiger partial charge in [-0.1, -0.05) is 33.8 Å². The van der Waals surface area contributed by atoms with Gasteiger partial charge in [0.15, 0.2) is 0 Å². The van der Waals surface area contributed by atoms with E-state index in [0.29, 0.717) is 11.5 Å². The SMILES string of the molecule is CCNCc1ccc(OC2CC(C)CC(C)(C)C2)nc1. The van der Waals surface area contributed by atoms with Crippen molar-refractivity contribution in [2.75, 3.05) is 6.54 Å². The average Bonchev–Trinajstić information content (AvgIpc) is 2.35. The summed E-state index contributed by atoms with van der Waals surface area (Å²) in [6, 6.07) is 4.10. The van der Waals surface area contributed by atoms with E-state index in [1.807, 2.05) is 12.3 Å². The van der Waals surface area contributed by atoms with Crippen LogP contribution in [-0.2, 0) is 6.54 Å². The highest BCUT2D eigenvalue weighted by atomic mass is 16.5. The second-order valence-corrected chi connectivity index (χ2v) is 6.94. The maximum atomic E-state index is 6.09. The Hall–Kier alpha value is -1.09. The van der Waals surface area contributed by atoms with Crippen molar-refractivity contribution in [3.05, 3.63) is 23.9 Å². The highest BCUT2D eigenvalue weighted by Crippen LogP contribution is 2.39. The third-order valence-corrected chi connectivity index (χ3v) is 4.01. The maximum absolute atomic E-state index is 6.09. The van der Waals surface area contributed by atoms with Crippen molar-refractivity contribution in [3.63, 3.8) is 0 Å². The molecule has 2 atom stereocenters. The second kappa shape index (κ2) is 6.57. The van der Waals surface area contributed by atoms with Crippen LogP contribution in [0.5, 0.6) is 5.88 Å². The van der Waals surface area contributed by atoms with Gasteiger partial charge in [0, 0.05) is 18.8 Å². The maximum Gasteiger partial charge on any atom is 0.213 e. The number of pyridine rings is 1. The van der Waals surface area contributed by atoms with Crippen molar-refractivity contribution in [1.82, 2.24) is 10.3 Å². The van der Waals surface area contributed by atoms with Crippen LogP contribution in [0.25, 0.3) is 0 Å². The molecule has 0 amide bonds. The quantitative estimate of drug-likeness (QED) is 0.888. The van der Waals surface area contributed by atoms with Crippen LogP contribution in [0, 0.1) is 11.3 Å². The molecule has 20 heavy (non-hydrogen) atoms.